The SMILES string of the molecule is CN1C(=O)C(c2ccc(S(F)(F)(F)(F)F)cc2)(c2cccc(-c3cc(C#N)ccc3F)c2)N=C1N. The molecule has 3 aromatic rings. The van der Waals surface area contributed by atoms with E-state index in [1.807, 2.05) is 6.07 Å². The third-order valence-corrected chi connectivity index (χ3v) is 6.81. The van der Waals surface area contributed by atoms with Crippen LogP contribution in [-0.4, -0.2) is 23.8 Å². The largest absolute Gasteiger partial charge is 0.369 e. The highest BCUT2D eigenvalue weighted by Crippen LogP contribution is 3.02. The molecular formula is C23H16F6N4OS. The first-order valence-electron chi connectivity index (χ1n) is 9.85. The summed E-state index contributed by atoms with van der Waals surface area (Å²) < 4.78 is 80.7. The molecule has 35 heavy (non-hydrogen) atoms. The summed E-state index contributed by atoms with van der Waals surface area (Å²) in [5.41, 5.74) is 4.24. The number of benzene rings is 3. The number of carbonyl (C=O) groups excluding carboxylic acids is 1. The molecule has 1 aliphatic heterocycles. The van der Waals surface area contributed by atoms with E-state index in [0.29, 0.717) is 0 Å². The minimum absolute atomic E-state index is 0.0352. The van der Waals surface area contributed by atoms with Crippen LogP contribution >= 0.6 is 10.2 Å². The smallest absolute Gasteiger partial charge is 0.310 e. The fraction of sp³-hybridized carbons (Fsp3) is 0.0870. The van der Waals surface area contributed by atoms with E-state index in [1.165, 1.54) is 43.4 Å². The molecule has 1 atom stereocenters. The lowest BCUT2D eigenvalue weighted by Gasteiger charge is -2.40. The van der Waals surface area contributed by atoms with Crippen molar-refractivity contribution >= 4 is 22.1 Å². The summed E-state index contributed by atoms with van der Waals surface area (Å²) in [6, 6.07) is 13.2. The molecule has 5 nitrogen and oxygen atoms in total. The Hall–Kier alpha value is -3.98. The Morgan fingerprint density at radius 2 is 1.63 bits per heavy atom. The summed E-state index contributed by atoms with van der Waals surface area (Å²) in [4.78, 5) is 16.4. The zero-order valence-electron chi connectivity index (χ0n) is 17.9. The number of aliphatic imine (C=N–C) groups is 1. The van der Waals surface area contributed by atoms with Gasteiger partial charge in [0.1, 0.15) is 10.7 Å². The highest BCUT2D eigenvalue weighted by atomic mass is 32.5. The fourth-order valence-electron chi connectivity index (χ4n) is 3.87. The number of nitriles is 1. The van der Waals surface area contributed by atoms with Crippen LogP contribution in [-0.2, 0) is 10.3 Å². The second kappa shape index (κ2) is 7.02. The number of nitrogens with two attached hydrogens (primary N) is 1. The first kappa shape index (κ1) is 24.2. The van der Waals surface area contributed by atoms with Crippen LogP contribution in [0.3, 0.4) is 0 Å². The molecule has 0 fully saturated rings. The zero-order valence-corrected chi connectivity index (χ0v) is 18.7. The van der Waals surface area contributed by atoms with Gasteiger partial charge in [0.25, 0.3) is 5.91 Å². The molecule has 182 valence electrons. The Balaban J connectivity index is 1.94. The van der Waals surface area contributed by atoms with Crippen LogP contribution < -0.4 is 5.73 Å². The van der Waals surface area contributed by atoms with Gasteiger partial charge in [0.05, 0.1) is 11.6 Å². The van der Waals surface area contributed by atoms with Gasteiger partial charge in [-0.2, -0.15) is 5.26 Å². The zero-order chi connectivity index (χ0) is 25.9. The predicted octanol–water partition coefficient (Wildman–Crippen LogP) is 6.05. The Bertz CT molecular complexity index is 1450. The third kappa shape index (κ3) is 4.08. The molecule has 0 saturated carbocycles. The summed E-state index contributed by atoms with van der Waals surface area (Å²) in [6.45, 7) is 0. The van der Waals surface area contributed by atoms with E-state index < -0.39 is 32.4 Å². The minimum atomic E-state index is -9.95. The maximum absolute atomic E-state index is 14.5. The number of amides is 1. The molecule has 0 spiro atoms. The van der Waals surface area contributed by atoms with Gasteiger partial charge in [0.15, 0.2) is 11.5 Å². The molecule has 0 aromatic heterocycles. The lowest BCUT2D eigenvalue weighted by atomic mass is 9.81. The van der Waals surface area contributed by atoms with Crippen molar-refractivity contribution in [3.63, 3.8) is 0 Å². The van der Waals surface area contributed by atoms with Crippen molar-refractivity contribution in [1.82, 2.24) is 4.90 Å². The summed E-state index contributed by atoms with van der Waals surface area (Å²) in [7, 11) is -8.66. The normalized spacial score (nSPS) is 20.1. The van der Waals surface area contributed by atoms with Crippen molar-refractivity contribution < 1.29 is 28.6 Å². The topological polar surface area (TPSA) is 82.5 Å². The van der Waals surface area contributed by atoms with E-state index in [2.05, 4.69) is 4.99 Å². The number of halogens is 6. The van der Waals surface area contributed by atoms with Crippen molar-refractivity contribution in [3.05, 3.63) is 89.2 Å². The molecule has 2 N–H and O–H groups in total. The minimum Gasteiger partial charge on any atom is -0.369 e. The van der Waals surface area contributed by atoms with Crippen LogP contribution in [0.2, 0.25) is 0 Å². The molecule has 0 aliphatic carbocycles. The van der Waals surface area contributed by atoms with Gasteiger partial charge in [0, 0.05) is 12.6 Å². The number of hydrogen-bond donors (Lipinski definition) is 1. The molecule has 12 heteroatoms. The van der Waals surface area contributed by atoms with Crippen LogP contribution in [0.15, 0.2) is 76.6 Å². The summed E-state index contributed by atoms with van der Waals surface area (Å²) >= 11 is 0. The van der Waals surface area contributed by atoms with Crippen molar-refractivity contribution in [1.29, 1.82) is 5.26 Å². The van der Waals surface area contributed by atoms with Crippen molar-refractivity contribution in [2.75, 3.05) is 7.05 Å². The van der Waals surface area contributed by atoms with Crippen molar-refractivity contribution in [3.8, 4) is 17.2 Å². The highest BCUT2D eigenvalue weighted by molar-refractivity contribution is 8.45. The molecule has 0 saturated heterocycles. The van der Waals surface area contributed by atoms with Crippen LogP contribution in [0, 0.1) is 17.1 Å². The van der Waals surface area contributed by atoms with Gasteiger partial charge in [-0.05, 0) is 53.1 Å². The van der Waals surface area contributed by atoms with Gasteiger partial charge < -0.3 is 5.73 Å². The Kier molecular flexibility index (Phi) is 4.84. The predicted molar refractivity (Wildman–Crippen MR) is 120 cm³/mol. The molecule has 1 unspecified atom stereocenters. The van der Waals surface area contributed by atoms with Gasteiger partial charge in [-0.25, -0.2) is 9.38 Å². The molecule has 0 radical (unpaired) electrons. The van der Waals surface area contributed by atoms with Crippen LogP contribution in [0.1, 0.15) is 16.7 Å². The maximum atomic E-state index is 14.5. The summed E-state index contributed by atoms with van der Waals surface area (Å²) in [5.74, 6) is -1.67. The third-order valence-electron chi connectivity index (χ3n) is 5.64. The molecule has 0 bridgehead atoms. The van der Waals surface area contributed by atoms with Gasteiger partial charge >= 0.3 is 10.2 Å². The first-order chi connectivity index (χ1) is 16.1. The van der Waals surface area contributed by atoms with E-state index in [4.69, 9.17) is 11.0 Å². The van der Waals surface area contributed by atoms with Gasteiger partial charge in [-0.1, -0.05) is 49.8 Å². The molecule has 3 aromatic carbocycles. The number of nitrogens with zero attached hydrogens (tertiary/aromatic N) is 3. The molecule has 1 heterocycles. The average molecular weight is 510 g/mol. The van der Waals surface area contributed by atoms with Gasteiger partial charge in [-0.15, -0.1) is 0 Å². The molecular weight excluding hydrogens is 494 g/mol. The highest BCUT2D eigenvalue weighted by Gasteiger charge is 2.65. The number of carbonyl (C=O) groups is 1. The van der Waals surface area contributed by atoms with Crippen LogP contribution in [0.4, 0.5) is 23.8 Å². The van der Waals surface area contributed by atoms with E-state index in [1.54, 1.807) is 0 Å². The maximum Gasteiger partial charge on any atom is 0.310 e. The van der Waals surface area contributed by atoms with Crippen molar-refractivity contribution in [2.45, 2.75) is 10.4 Å². The summed E-state index contributed by atoms with van der Waals surface area (Å²) in [6.07, 6.45) is 0. The lowest BCUT2D eigenvalue weighted by molar-refractivity contribution is -0.129. The van der Waals surface area contributed by atoms with E-state index in [-0.39, 0.29) is 45.9 Å². The van der Waals surface area contributed by atoms with E-state index in [0.717, 1.165) is 23.1 Å². The number of guanidine groups is 1. The van der Waals surface area contributed by atoms with Gasteiger partial charge in [0.2, 0.25) is 0 Å². The van der Waals surface area contributed by atoms with E-state index in [9.17, 15) is 28.6 Å². The van der Waals surface area contributed by atoms with Crippen LogP contribution in [0.25, 0.3) is 11.1 Å². The monoisotopic (exact) mass is 510 g/mol. The van der Waals surface area contributed by atoms with Gasteiger partial charge in [-0.3, -0.25) is 9.69 Å². The van der Waals surface area contributed by atoms with E-state index >= 15 is 0 Å². The standard InChI is InChI=1S/C23H16F6N4OS/c1-33-21(34)23(32-22(33)31,16-6-8-18(9-7-16)35(25,26,27,28)29)17-4-2-3-15(12-17)19-11-14(13-30)5-10-20(19)24/h2-12H,1H3,(H2,31,32). The average Bonchev–Trinajstić information content (AvgIpc) is 3.03. The molecule has 1 aliphatic rings. The first-order valence-corrected chi connectivity index (χ1v) is 11.8. The molecule has 1 amide bonds. The number of likely N-dealkylation sites (N-methyl/N-ethyl adjacent to an activating group) is 1. The Labute approximate surface area is 195 Å². The number of hydrogen-bond acceptors (Lipinski definition) is 4. The second-order valence-corrected chi connectivity index (χ2v) is 10.3. The quantitative estimate of drug-likeness (QED) is 0.434. The Morgan fingerprint density at radius 3 is 2.17 bits per heavy atom. The second-order valence-electron chi connectivity index (χ2n) is 7.93. The van der Waals surface area contributed by atoms with Crippen LogP contribution in [0.5, 0.6) is 0 Å². The molecule has 4 rings (SSSR count). The lowest BCUT2D eigenvalue weighted by Crippen LogP contribution is -2.41. The van der Waals surface area contributed by atoms with Crippen molar-refractivity contribution in [2.24, 2.45) is 10.7 Å². The number of rotatable bonds is 4. The fourth-order valence-corrected chi connectivity index (χ4v) is 4.52. The summed E-state index contributed by atoms with van der Waals surface area (Å²) in [5, 5.41) is 9.14. The Morgan fingerprint density at radius 1 is 0.971 bits per heavy atom.